The first kappa shape index (κ1) is 16.2. The fourth-order valence-electron chi connectivity index (χ4n) is 2.31. The van der Waals surface area contributed by atoms with E-state index in [9.17, 15) is 13.2 Å². The van der Waals surface area contributed by atoms with Crippen LogP contribution in [0.5, 0.6) is 0 Å². The maximum atomic E-state index is 12.0. The molecule has 0 saturated carbocycles. The summed E-state index contributed by atoms with van der Waals surface area (Å²) in [5, 5.41) is 3.71. The summed E-state index contributed by atoms with van der Waals surface area (Å²) in [6, 6.07) is 0. The van der Waals surface area contributed by atoms with Crippen LogP contribution >= 0.6 is 11.3 Å². The highest BCUT2D eigenvalue weighted by atomic mass is 32.2. The highest BCUT2D eigenvalue weighted by Crippen LogP contribution is 2.37. The number of fused-ring (bicyclic) bond motifs is 1. The Balaban J connectivity index is 2.06. The number of aryl methyl sites for hydroxylation is 1. The Bertz CT molecular complexity index is 610. The zero-order chi connectivity index (χ0) is 15.5. The number of nitrogens with zero attached hydrogens (tertiary/aromatic N) is 1. The maximum Gasteiger partial charge on any atom is 0.315 e. The minimum Gasteiger partial charge on any atom is -0.465 e. The fourth-order valence-corrected chi connectivity index (χ4v) is 3.87. The van der Waals surface area contributed by atoms with Crippen molar-refractivity contribution in [1.29, 1.82) is 0 Å². The van der Waals surface area contributed by atoms with E-state index in [1.54, 1.807) is 6.92 Å². The molecule has 1 aliphatic rings. The SMILES string of the molecule is CCOC(=O)C1CCCc2sc(NCCS(C)(=O)=O)nc21. The summed E-state index contributed by atoms with van der Waals surface area (Å²) >= 11 is 1.50. The molecule has 1 aliphatic carbocycles. The molecule has 0 spiro atoms. The monoisotopic (exact) mass is 332 g/mol. The Labute approximate surface area is 128 Å². The smallest absolute Gasteiger partial charge is 0.315 e. The molecule has 0 aromatic carbocycles. The molecule has 1 heterocycles. The van der Waals surface area contributed by atoms with E-state index in [0.717, 1.165) is 29.8 Å². The van der Waals surface area contributed by atoms with Gasteiger partial charge in [-0.2, -0.15) is 0 Å². The second-order valence-electron chi connectivity index (χ2n) is 5.08. The van der Waals surface area contributed by atoms with Gasteiger partial charge in [0.1, 0.15) is 15.8 Å². The molecule has 0 radical (unpaired) electrons. The molecular weight excluding hydrogens is 312 g/mol. The predicted molar refractivity (Wildman–Crippen MR) is 82.6 cm³/mol. The molecule has 2 rings (SSSR count). The third-order valence-corrected chi connectivity index (χ3v) is 5.31. The van der Waals surface area contributed by atoms with Crippen LogP contribution in [0, 0.1) is 0 Å². The van der Waals surface area contributed by atoms with Crippen molar-refractivity contribution in [2.75, 3.05) is 30.5 Å². The number of sulfone groups is 1. The normalized spacial score (nSPS) is 18.1. The number of nitrogens with one attached hydrogen (secondary N) is 1. The van der Waals surface area contributed by atoms with E-state index in [-0.39, 0.29) is 17.6 Å². The number of thiazole rings is 1. The van der Waals surface area contributed by atoms with Crippen LogP contribution in [0.4, 0.5) is 5.13 Å². The number of carbonyl (C=O) groups excluding carboxylic acids is 1. The van der Waals surface area contributed by atoms with Gasteiger partial charge in [0.15, 0.2) is 5.13 Å². The lowest BCUT2D eigenvalue weighted by atomic mass is 9.91. The van der Waals surface area contributed by atoms with E-state index in [2.05, 4.69) is 10.3 Å². The van der Waals surface area contributed by atoms with Crippen molar-refractivity contribution < 1.29 is 17.9 Å². The molecule has 0 aliphatic heterocycles. The van der Waals surface area contributed by atoms with E-state index in [1.165, 1.54) is 17.6 Å². The number of hydrogen-bond donors (Lipinski definition) is 1. The lowest BCUT2D eigenvalue weighted by molar-refractivity contribution is -0.145. The summed E-state index contributed by atoms with van der Waals surface area (Å²) in [6.07, 6.45) is 3.83. The third-order valence-electron chi connectivity index (χ3n) is 3.27. The van der Waals surface area contributed by atoms with Gasteiger partial charge in [0.2, 0.25) is 0 Å². The van der Waals surface area contributed by atoms with Crippen molar-refractivity contribution in [3.8, 4) is 0 Å². The van der Waals surface area contributed by atoms with Gasteiger partial charge in [0.05, 0.1) is 18.1 Å². The van der Waals surface area contributed by atoms with Crippen molar-refractivity contribution in [2.45, 2.75) is 32.1 Å². The van der Waals surface area contributed by atoms with E-state index < -0.39 is 9.84 Å². The zero-order valence-electron chi connectivity index (χ0n) is 12.2. The Morgan fingerprint density at radius 1 is 1.52 bits per heavy atom. The summed E-state index contributed by atoms with van der Waals surface area (Å²) in [6.45, 7) is 2.49. The maximum absolute atomic E-state index is 12.0. The third kappa shape index (κ3) is 4.41. The summed E-state index contributed by atoms with van der Waals surface area (Å²) < 4.78 is 27.3. The molecule has 118 valence electrons. The number of rotatable bonds is 6. The molecule has 0 amide bonds. The highest BCUT2D eigenvalue weighted by molar-refractivity contribution is 7.90. The van der Waals surface area contributed by atoms with Crippen molar-refractivity contribution >= 4 is 32.3 Å². The van der Waals surface area contributed by atoms with Gasteiger partial charge < -0.3 is 10.1 Å². The molecular formula is C13H20N2O4S2. The Morgan fingerprint density at radius 2 is 2.29 bits per heavy atom. The highest BCUT2D eigenvalue weighted by Gasteiger charge is 2.31. The standard InChI is InChI=1S/C13H20N2O4S2/c1-3-19-12(16)9-5-4-6-10-11(9)15-13(20-10)14-7-8-21(2,17)18/h9H,3-8H2,1-2H3,(H,14,15). The van der Waals surface area contributed by atoms with Crippen molar-refractivity contribution in [3.05, 3.63) is 10.6 Å². The molecule has 6 nitrogen and oxygen atoms in total. The van der Waals surface area contributed by atoms with Crippen LogP contribution in [-0.2, 0) is 25.8 Å². The summed E-state index contributed by atoms with van der Waals surface area (Å²) in [5.41, 5.74) is 0.798. The van der Waals surface area contributed by atoms with E-state index in [1.807, 2.05) is 0 Å². The van der Waals surface area contributed by atoms with Crippen LogP contribution in [0.15, 0.2) is 0 Å². The Morgan fingerprint density at radius 3 is 2.95 bits per heavy atom. The number of anilines is 1. The van der Waals surface area contributed by atoms with Gasteiger partial charge in [-0.15, -0.1) is 11.3 Å². The van der Waals surface area contributed by atoms with Crippen LogP contribution in [0.1, 0.15) is 36.3 Å². The Kier molecular flexibility index (Phi) is 5.21. The van der Waals surface area contributed by atoms with Crippen molar-refractivity contribution in [2.24, 2.45) is 0 Å². The largest absolute Gasteiger partial charge is 0.465 e. The topological polar surface area (TPSA) is 85.4 Å². The summed E-state index contributed by atoms with van der Waals surface area (Å²) in [4.78, 5) is 17.5. The number of hydrogen-bond acceptors (Lipinski definition) is 7. The van der Waals surface area contributed by atoms with Gasteiger partial charge in [-0.3, -0.25) is 4.79 Å². The van der Waals surface area contributed by atoms with Gasteiger partial charge in [-0.25, -0.2) is 13.4 Å². The molecule has 1 aromatic heterocycles. The summed E-state index contributed by atoms with van der Waals surface area (Å²) in [5.74, 6) is -0.430. The van der Waals surface area contributed by atoms with Gasteiger partial charge >= 0.3 is 5.97 Å². The van der Waals surface area contributed by atoms with Crippen molar-refractivity contribution in [1.82, 2.24) is 4.98 Å². The number of ether oxygens (including phenoxy) is 1. The Hall–Kier alpha value is -1.15. The molecule has 0 saturated heterocycles. The lowest BCUT2D eigenvalue weighted by Gasteiger charge is -2.19. The second-order valence-corrected chi connectivity index (χ2v) is 8.42. The minimum absolute atomic E-state index is 0.0680. The van der Waals surface area contributed by atoms with Crippen LogP contribution in [0.25, 0.3) is 0 Å². The molecule has 1 unspecified atom stereocenters. The molecule has 21 heavy (non-hydrogen) atoms. The van der Waals surface area contributed by atoms with Crippen LogP contribution < -0.4 is 5.32 Å². The van der Waals surface area contributed by atoms with Gasteiger partial charge in [-0.05, 0) is 26.2 Å². The van der Waals surface area contributed by atoms with Gasteiger partial charge in [-0.1, -0.05) is 0 Å². The fraction of sp³-hybridized carbons (Fsp3) is 0.692. The molecule has 1 aromatic rings. The summed E-state index contributed by atoms with van der Waals surface area (Å²) in [7, 11) is -2.99. The van der Waals surface area contributed by atoms with Crippen LogP contribution in [0.2, 0.25) is 0 Å². The molecule has 1 N–H and O–H groups in total. The van der Waals surface area contributed by atoms with E-state index in [0.29, 0.717) is 18.3 Å². The second kappa shape index (κ2) is 6.74. The van der Waals surface area contributed by atoms with E-state index in [4.69, 9.17) is 4.74 Å². The van der Waals surface area contributed by atoms with Gasteiger partial charge in [0, 0.05) is 17.7 Å². The zero-order valence-corrected chi connectivity index (χ0v) is 13.8. The minimum atomic E-state index is -2.99. The quantitative estimate of drug-likeness (QED) is 0.796. The average Bonchev–Trinajstić information content (AvgIpc) is 2.79. The van der Waals surface area contributed by atoms with Crippen LogP contribution in [0.3, 0.4) is 0 Å². The first-order chi connectivity index (χ1) is 9.90. The molecule has 1 atom stereocenters. The lowest BCUT2D eigenvalue weighted by Crippen LogP contribution is -2.20. The van der Waals surface area contributed by atoms with E-state index >= 15 is 0 Å². The first-order valence-corrected chi connectivity index (χ1v) is 9.86. The number of esters is 1. The molecule has 0 fully saturated rings. The average molecular weight is 332 g/mol. The molecule has 8 heteroatoms. The number of aromatic nitrogens is 1. The molecule has 0 bridgehead atoms. The first-order valence-electron chi connectivity index (χ1n) is 6.98. The number of carbonyl (C=O) groups is 1. The van der Waals surface area contributed by atoms with Gasteiger partial charge in [0.25, 0.3) is 0 Å². The predicted octanol–water partition coefficient (Wildman–Crippen LogP) is 1.58. The van der Waals surface area contributed by atoms with Crippen LogP contribution in [-0.4, -0.2) is 44.5 Å². The van der Waals surface area contributed by atoms with Crippen molar-refractivity contribution in [3.63, 3.8) is 0 Å².